The van der Waals surface area contributed by atoms with Crippen molar-refractivity contribution in [2.75, 3.05) is 5.73 Å². The van der Waals surface area contributed by atoms with Crippen molar-refractivity contribution in [2.45, 2.75) is 10.4 Å². The lowest BCUT2D eigenvalue weighted by molar-refractivity contribution is -0.0328. The molecule has 0 aliphatic carbocycles. The van der Waals surface area contributed by atoms with Gasteiger partial charge in [0.2, 0.25) is 0 Å². The molecule has 0 aliphatic heterocycles. The first-order valence-electron chi connectivity index (χ1n) is 7.09. The molecule has 9 heteroatoms. The maximum atomic E-state index is 12.4. The van der Waals surface area contributed by atoms with Crippen LogP contribution < -0.4 is 5.73 Å². The van der Waals surface area contributed by atoms with E-state index in [1.807, 2.05) is 18.2 Å². The number of nitrogens with one attached hydrogen (secondary N) is 1. The van der Waals surface area contributed by atoms with Crippen LogP contribution >= 0.6 is 11.8 Å². The molecule has 1 heterocycles. The summed E-state index contributed by atoms with van der Waals surface area (Å²) in [5.74, 6) is 0.156. The number of nitrogens with two attached hydrogens (primary N) is 1. The van der Waals surface area contributed by atoms with Crippen LogP contribution in [-0.2, 0) is 0 Å². The van der Waals surface area contributed by atoms with Crippen LogP contribution in [0.3, 0.4) is 0 Å². The summed E-state index contributed by atoms with van der Waals surface area (Å²) in [6, 6.07) is 14.9. The van der Waals surface area contributed by atoms with Crippen LogP contribution in [0, 0.1) is 0 Å². The summed E-state index contributed by atoms with van der Waals surface area (Å²) in [7, 11) is 0. The Morgan fingerprint density at radius 3 is 2.28 bits per heavy atom. The molecule has 3 rings (SSSR count). The van der Waals surface area contributed by atoms with Crippen molar-refractivity contribution >= 4 is 29.0 Å². The second-order valence-corrected chi connectivity index (χ2v) is 6.08. The van der Waals surface area contributed by atoms with Gasteiger partial charge in [-0.1, -0.05) is 30.3 Å². The van der Waals surface area contributed by atoms with E-state index in [1.165, 1.54) is 12.1 Å². The van der Waals surface area contributed by atoms with E-state index in [4.69, 9.17) is 5.73 Å². The highest BCUT2D eigenvalue weighted by Gasteiger charge is 2.29. The van der Waals surface area contributed by atoms with Crippen LogP contribution in [-0.4, -0.2) is 15.7 Å². The van der Waals surface area contributed by atoms with Crippen molar-refractivity contribution in [1.29, 1.82) is 0 Å². The molecule has 0 fully saturated rings. The molecule has 0 radical (unpaired) electrons. The number of hydrogen-bond donors (Lipinski definition) is 2. The van der Waals surface area contributed by atoms with Crippen LogP contribution in [0.25, 0.3) is 11.3 Å². The molecule has 1 aromatic heterocycles. The number of halogens is 3. The van der Waals surface area contributed by atoms with Gasteiger partial charge in [-0.2, -0.15) is 23.4 Å². The normalized spacial score (nSPS) is 12.0. The van der Waals surface area contributed by atoms with E-state index in [0.29, 0.717) is 22.6 Å². The van der Waals surface area contributed by atoms with Gasteiger partial charge < -0.3 is 5.73 Å². The average molecular weight is 363 g/mol. The van der Waals surface area contributed by atoms with Crippen LogP contribution in [0.15, 0.2) is 69.7 Å². The second kappa shape index (κ2) is 6.98. The molecule has 25 heavy (non-hydrogen) atoms. The molecule has 3 aromatic rings. The predicted molar refractivity (Wildman–Crippen MR) is 91.0 cm³/mol. The second-order valence-electron chi connectivity index (χ2n) is 4.94. The fraction of sp³-hybridized carbons (Fsp3) is 0.0625. The van der Waals surface area contributed by atoms with Crippen LogP contribution in [0.5, 0.6) is 0 Å². The zero-order valence-corrected chi connectivity index (χ0v) is 13.5. The Hall–Kier alpha value is -2.81. The van der Waals surface area contributed by atoms with E-state index < -0.39 is 5.51 Å². The van der Waals surface area contributed by atoms with E-state index in [1.54, 1.807) is 24.3 Å². The number of nitrogen functional groups attached to an aromatic ring is 1. The number of aromatic nitrogens is 2. The minimum absolute atomic E-state index is 0.0937. The quantitative estimate of drug-likeness (QED) is 0.462. The largest absolute Gasteiger partial charge is 0.446 e. The minimum atomic E-state index is -4.32. The third-order valence-corrected chi connectivity index (χ3v) is 3.91. The first-order chi connectivity index (χ1) is 11.9. The summed E-state index contributed by atoms with van der Waals surface area (Å²) < 4.78 is 37.2. The molecule has 128 valence electrons. The van der Waals surface area contributed by atoms with Crippen LogP contribution in [0.1, 0.15) is 0 Å². The van der Waals surface area contributed by atoms with Gasteiger partial charge in [-0.25, -0.2) is 0 Å². The Balaban J connectivity index is 1.87. The Bertz CT molecular complexity index is 873. The predicted octanol–water partition coefficient (Wildman–Crippen LogP) is 5.69. The highest BCUT2D eigenvalue weighted by atomic mass is 32.2. The Kier molecular flexibility index (Phi) is 4.75. The van der Waals surface area contributed by atoms with Crippen LogP contribution in [0.4, 0.5) is 30.4 Å². The molecule has 0 atom stereocenters. The smallest absolute Gasteiger partial charge is 0.380 e. The Morgan fingerprint density at radius 1 is 0.960 bits per heavy atom. The first kappa shape index (κ1) is 17.0. The summed E-state index contributed by atoms with van der Waals surface area (Å²) in [6.07, 6.45) is 0. The van der Waals surface area contributed by atoms with Gasteiger partial charge >= 0.3 is 5.51 Å². The summed E-state index contributed by atoms with van der Waals surface area (Å²) in [5.41, 5.74) is 3.56. The number of H-pyrrole nitrogens is 1. The van der Waals surface area contributed by atoms with Gasteiger partial charge in [-0.3, -0.25) is 5.10 Å². The number of aromatic amines is 1. The van der Waals surface area contributed by atoms with E-state index in [2.05, 4.69) is 20.4 Å². The molecule has 0 saturated carbocycles. The monoisotopic (exact) mass is 363 g/mol. The maximum Gasteiger partial charge on any atom is 0.446 e. The highest BCUT2D eigenvalue weighted by Crippen LogP contribution is 2.39. The minimum Gasteiger partial charge on any atom is -0.380 e. The van der Waals surface area contributed by atoms with Crippen molar-refractivity contribution in [3.63, 3.8) is 0 Å². The number of benzene rings is 2. The zero-order valence-electron chi connectivity index (χ0n) is 12.7. The summed E-state index contributed by atoms with van der Waals surface area (Å²) in [5, 5.41) is 14.8. The van der Waals surface area contributed by atoms with Gasteiger partial charge in [-0.15, -0.1) is 5.11 Å². The number of hydrogen-bond acceptors (Lipinski definition) is 5. The summed E-state index contributed by atoms with van der Waals surface area (Å²) >= 11 is -0.171. The molecule has 2 aromatic carbocycles. The van der Waals surface area contributed by atoms with Crippen molar-refractivity contribution in [1.82, 2.24) is 10.2 Å². The molecule has 5 nitrogen and oxygen atoms in total. The summed E-state index contributed by atoms with van der Waals surface area (Å²) in [4.78, 5) is 0.0937. The van der Waals surface area contributed by atoms with E-state index >= 15 is 0 Å². The molecule has 0 amide bonds. The van der Waals surface area contributed by atoms with Crippen molar-refractivity contribution in [3.05, 3.63) is 54.6 Å². The van der Waals surface area contributed by atoms with Gasteiger partial charge in [0, 0.05) is 10.5 Å². The lowest BCUT2D eigenvalue weighted by atomic mass is 10.1. The average Bonchev–Trinajstić information content (AvgIpc) is 2.94. The number of rotatable bonds is 4. The van der Waals surface area contributed by atoms with Crippen molar-refractivity contribution < 1.29 is 13.2 Å². The molecule has 3 N–H and O–H groups in total. The van der Waals surface area contributed by atoms with E-state index in [9.17, 15) is 13.2 Å². The van der Waals surface area contributed by atoms with Gasteiger partial charge in [0.1, 0.15) is 0 Å². The Labute approximate surface area is 145 Å². The maximum absolute atomic E-state index is 12.4. The number of nitrogens with zero attached hydrogens (tertiary/aromatic N) is 3. The molecule has 0 spiro atoms. The van der Waals surface area contributed by atoms with Crippen molar-refractivity contribution in [3.8, 4) is 11.3 Å². The SMILES string of the molecule is Nc1n[nH]c(-c2ccc(SC(F)(F)F)cc2)c1N=Nc1ccccc1. The van der Waals surface area contributed by atoms with Gasteiger partial charge in [0.15, 0.2) is 11.5 Å². The number of azo groups is 1. The van der Waals surface area contributed by atoms with Gasteiger partial charge in [0.25, 0.3) is 0 Å². The molecular formula is C16H12F3N5S. The van der Waals surface area contributed by atoms with Crippen molar-refractivity contribution in [2.24, 2.45) is 10.2 Å². The zero-order chi connectivity index (χ0) is 17.9. The molecule has 0 saturated heterocycles. The lowest BCUT2D eigenvalue weighted by Gasteiger charge is -2.06. The standard InChI is InChI=1S/C16H12F3N5S/c17-16(18,19)25-12-8-6-10(7-9-12)13-14(15(20)24-22-13)23-21-11-4-2-1-3-5-11/h1-9H,(H3,20,22,24). The van der Waals surface area contributed by atoms with E-state index in [0.717, 1.165) is 0 Å². The van der Waals surface area contributed by atoms with Gasteiger partial charge in [-0.05, 0) is 36.0 Å². The van der Waals surface area contributed by atoms with E-state index in [-0.39, 0.29) is 22.5 Å². The number of alkyl halides is 3. The lowest BCUT2D eigenvalue weighted by Crippen LogP contribution is -1.98. The third-order valence-electron chi connectivity index (χ3n) is 3.17. The molecule has 0 bridgehead atoms. The molecular weight excluding hydrogens is 351 g/mol. The Morgan fingerprint density at radius 2 is 1.64 bits per heavy atom. The number of thioether (sulfide) groups is 1. The highest BCUT2D eigenvalue weighted by molar-refractivity contribution is 8.00. The fourth-order valence-corrected chi connectivity index (χ4v) is 2.62. The van der Waals surface area contributed by atoms with Crippen LogP contribution in [0.2, 0.25) is 0 Å². The summed E-state index contributed by atoms with van der Waals surface area (Å²) in [6.45, 7) is 0. The molecule has 0 unspecified atom stereocenters. The first-order valence-corrected chi connectivity index (χ1v) is 7.91. The fourth-order valence-electron chi connectivity index (χ4n) is 2.08. The number of anilines is 1. The van der Waals surface area contributed by atoms with Gasteiger partial charge in [0.05, 0.1) is 11.4 Å². The topological polar surface area (TPSA) is 79.4 Å². The molecule has 0 aliphatic rings. The third kappa shape index (κ3) is 4.38.